The number of esters is 1. The van der Waals surface area contributed by atoms with Gasteiger partial charge in [-0.3, -0.25) is 9.36 Å². The highest BCUT2D eigenvalue weighted by Gasteiger charge is 2.35. The van der Waals surface area contributed by atoms with Crippen molar-refractivity contribution in [3.05, 3.63) is 148 Å². The van der Waals surface area contributed by atoms with E-state index in [1.807, 2.05) is 67.6 Å². The van der Waals surface area contributed by atoms with Crippen molar-refractivity contribution in [2.24, 2.45) is 4.99 Å². The molecule has 1 aromatic heterocycles. The molecule has 0 fully saturated rings. The third-order valence-electron chi connectivity index (χ3n) is 7.73. The minimum Gasteiger partial charge on any atom is -0.494 e. The first-order valence-electron chi connectivity index (χ1n) is 15.6. The first-order valence-corrected chi connectivity index (χ1v) is 17.5. The van der Waals surface area contributed by atoms with Gasteiger partial charge in [-0.25, -0.2) is 14.2 Å². The standard InChI is InChI=1S/C38H32FIN2O6S/c1-4-46-28-17-13-26(14-18-28)34-32(37(44)47-5-2)33(25-9-7-6-8-10-25)41-38-42(34)36(43)31(49-38)21-24-19-29(40)35(30(20-24)45-3)48-22-23-11-15-27(39)16-12-23/h6-21,34H,4-5,22H2,1-3H3/b31-21-/t34-/m0/s1. The fourth-order valence-corrected chi connectivity index (χ4v) is 7.30. The van der Waals surface area contributed by atoms with Gasteiger partial charge in [-0.1, -0.05) is 65.9 Å². The average Bonchev–Trinajstić information content (AvgIpc) is 3.42. The number of rotatable bonds is 11. The third-order valence-corrected chi connectivity index (χ3v) is 9.51. The molecule has 49 heavy (non-hydrogen) atoms. The molecule has 6 rings (SSSR count). The topological polar surface area (TPSA) is 88.4 Å². The Morgan fingerprint density at radius 2 is 1.71 bits per heavy atom. The Balaban J connectivity index is 1.48. The first kappa shape index (κ1) is 34.1. The van der Waals surface area contributed by atoms with E-state index in [0.717, 1.165) is 14.7 Å². The van der Waals surface area contributed by atoms with Crippen LogP contribution in [-0.2, 0) is 16.1 Å². The molecule has 1 aliphatic heterocycles. The lowest BCUT2D eigenvalue weighted by Gasteiger charge is -2.26. The molecule has 8 nitrogen and oxygen atoms in total. The van der Waals surface area contributed by atoms with Crippen LogP contribution in [0.4, 0.5) is 4.39 Å². The van der Waals surface area contributed by atoms with E-state index in [-0.39, 0.29) is 30.2 Å². The van der Waals surface area contributed by atoms with E-state index in [0.29, 0.717) is 50.0 Å². The summed E-state index contributed by atoms with van der Waals surface area (Å²) in [6, 6.07) is 25.8. The zero-order chi connectivity index (χ0) is 34.5. The molecule has 250 valence electrons. The second-order valence-electron chi connectivity index (χ2n) is 10.9. The highest BCUT2D eigenvalue weighted by atomic mass is 127. The van der Waals surface area contributed by atoms with E-state index < -0.39 is 12.0 Å². The summed E-state index contributed by atoms with van der Waals surface area (Å²) in [5.74, 6) is 0.833. The summed E-state index contributed by atoms with van der Waals surface area (Å²) < 4.78 is 39.1. The van der Waals surface area contributed by atoms with Crippen LogP contribution in [0.2, 0.25) is 0 Å². The van der Waals surface area contributed by atoms with E-state index in [1.54, 1.807) is 42.9 Å². The summed E-state index contributed by atoms with van der Waals surface area (Å²) >= 11 is 3.40. The maximum atomic E-state index is 14.3. The molecule has 0 saturated heterocycles. The molecule has 0 aliphatic carbocycles. The largest absolute Gasteiger partial charge is 0.494 e. The molecule has 4 aromatic carbocycles. The van der Waals surface area contributed by atoms with Crippen LogP contribution in [0, 0.1) is 9.39 Å². The molecule has 1 atom stereocenters. The van der Waals surface area contributed by atoms with E-state index in [2.05, 4.69) is 22.6 Å². The molecular formula is C38H32FIN2O6S. The first-order chi connectivity index (χ1) is 23.8. The normalized spacial score (nSPS) is 14.2. The number of hydrogen-bond acceptors (Lipinski definition) is 8. The molecule has 0 amide bonds. The van der Waals surface area contributed by atoms with Crippen molar-refractivity contribution in [3.8, 4) is 17.2 Å². The second kappa shape index (κ2) is 15.2. The predicted molar refractivity (Wildman–Crippen MR) is 195 cm³/mol. The molecule has 0 N–H and O–H groups in total. The van der Waals surface area contributed by atoms with Crippen molar-refractivity contribution in [2.45, 2.75) is 26.5 Å². The van der Waals surface area contributed by atoms with Gasteiger partial charge in [0.1, 0.15) is 18.2 Å². The highest BCUT2D eigenvalue weighted by molar-refractivity contribution is 14.1. The molecule has 11 heteroatoms. The Bertz CT molecular complexity index is 2200. The SMILES string of the molecule is CCOC(=O)C1=C(c2ccccc2)N=c2s/c(=C\c3cc(I)c(OCc4ccc(F)cc4)c(OC)c3)c(=O)n2[C@H]1c1ccc(OCC)cc1. The predicted octanol–water partition coefficient (Wildman–Crippen LogP) is 6.67. The molecule has 1 aliphatic rings. The van der Waals surface area contributed by atoms with Gasteiger partial charge in [-0.05, 0) is 95.6 Å². The zero-order valence-electron chi connectivity index (χ0n) is 26.9. The van der Waals surface area contributed by atoms with Gasteiger partial charge in [0.25, 0.3) is 5.56 Å². The number of carbonyl (C=O) groups excluding carboxylic acids is 1. The van der Waals surface area contributed by atoms with Crippen molar-refractivity contribution in [1.82, 2.24) is 4.57 Å². The summed E-state index contributed by atoms with van der Waals surface area (Å²) in [5.41, 5.74) is 3.38. The number of nitrogens with zero attached hydrogens (tertiary/aromatic N) is 2. The number of halogens is 2. The number of fused-ring (bicyclic) bond motifs is 1. The Morgan fingerprint density at radius 1 is 0.980 bits per heavy atom. The van der Waals surface area contributed by atoms with Gasteiger partial charge in [-0.2, -0.15) is 0 Å². The van der Waals surface area contributed by atoms with Crippen LogP contribution in [0.3, 0.4) is 0 Å². The summed E-state index contributed by atoms with van der Waals surface area (Å²) in [4.78, 5) is 33.4. The van der Waals surface area contributed by atoms with E-state index >= 15 is 0 Å². The molecule has 2 heterocycles. The minimum absolute atomic E-state index is 0.162. The highest BCUT2D eigenvalue weighted by Crippen LogP contribution is 2.37. The number of thiazole rings is 1. The van der Waals surface area contributed by atoms with Crippen LogP contribution in [0.25, 0.3) is 11.8 Å². The Hall–Kier alpha value is -4.75. The maximum absolute atomic E-state index is 14.3. The van der Waals surface area contributed by atoms with Crippen molar-refractivity contribution in [2.75, 3.05) is 20.3 Å². The van der Waals surface area contributed by atoms with Crippen molar-refractivity contribution >= 4 is 51.7 Å². The van der Waals surface area contributed by atoms with Crippen LogP contribution >= 0.6 is 33.9 Å². The monoisotopic (exact) mass is 790 g/mol. The number of aromatic nitrogens is 1. The van der Waals surface area contributed by atoms with Gasteiger partial charge in [0.15, 0.2) is 16.3 Å². The van der Waals surface area contributed by atoms with Crippen molar-refractivity contribution < 1.29 is 28.1 Å². The fraction of sp³-hybridized carbons (Fsp3) is 0.184. The Morgan fingerprint density at radius 3 is 2.39 bits per heavy atom. The van der Waals surface area contributed by atoms with Gasteiger partial charge >= 0.3 is 5.97 Å². The molecule has 0 spiro atoms. The van der Waals surface area contributed by atoms with Crippen LogP contribution in [0.15, 0.2) is 106 Å². The van der Waals surface area contributed by atoms with E-state index in [4.69, 9.17) is 23.9 Å². The second-order valence-corrected chi connectivity index (χ2v) is 13.1. The van der Waals surface area contributed by atoms with Gasteiger partial charge in [-0.15, -0.1) is 0 Å². The van der Waals surface area contributed by atoms with Gasteiger partial charge in [0, 0.05) is 5.56 Å². The van der Waals surface area contributed by atoms with E-state index in [9.17, 15) is 14.0 Å². The lowest BCUT2D eigenvalue weighted by molar-refractivity contribution is -0.138. The van der Waals surface area contributed by atoms with Crippen LogP contribution in [-0.4, -0.2) is 30.9 Å². The number of methoxy groups -OCH3 is 1. The summed E-state index contributed by atoms with van der Waals surface area (Å²) in [7, 11) is 1.55. The zero-order valence-corrected chi connectivity index (χ0v) is 29.9. The molecule has 0 unspecified atom stereocenters. The lowest BCUT2D eigenvalue weighted by atomic mass is 9.93. The number of hydrogen-bond donors (Lipinski definition) is 0. The minimum atomic E-state index is -0.805. The quantitative estimate of drug-likeness (QED) is 0.110. The molecule has 5 aromatic rings. The van der Waals surface area contributed by atoms with Crippen LogP contribution in [0.5, 0.6) is 17.2 Å². The van der Waals surface area contributed by atoms with E-state index in [1.165, 1.54) is 23.5 Å². The third kappa shape index (κ3) is 7.32. The van der Waals surface area contributed by atoms with Crippen LogP contribution < -0.4 is 29.1 Å². The summed E-state index contributed by atoms with van der Waals surface area (Å²) in [6.45, 7) is 4.55. The summed E-state index contributed by atoms with van der Waals surface area (Å²) in [5, 5.41) is 0. The Kier molecular flexibility index (Phi) is 10.6. The lowest BCUT2D eigenvalue weighted by Crippen LogP contribution is -2.40. The van der Waals surface area contributed by atoms with Crippen LogP contribution in [0.1, 0.15) is 42.1 Å². The van der Waals surface area contributed by atoms with Gasteiger partial charge in [0.05, 0.1) is 45.7 Å². The Labute approximate surface area is 299 Å². The fourth-order valence-electron chi connectivity index (χ4n) is 5.52. The molecular weight excluding hydrogens is 758 g/mol. The maximum Gasteiger partial charge on any atom is 0.338 e. The summed E-state index contributed by atoms with van der Waals surface area (Å²) in [6.07, 6.45) is 1.78. The van der Waals surface area contributed by atoms with Gasteiger partial charge < -0.3 is 18.9 Å². The number of ether oxygens (including phenoxy) is 4. The van der Waals surface area contributed by atoms with Gasteiger partial charge in [0.2, 0.25) is 0 Å². The number of benzene rings is 4. The van der Waals surface area contributed by atoms with Crippen molar-refractivity contribution in [1.29, 1.82) is 0 Å². The molecule has 0 radical (unpaired) electrons. The van der Waals surface area contributed by atoms with Crippen molar-refractivity contribution in [3.63, 3.8) is 0 Å². The smallest absolute Gasteiger partial charge is 0.338 e. The number of carbonyl (C=O) groups is 1. The average molecular weight is 791 g/mol. The molecule has 0 saturated carbocycles. The molecule has 0 bridgehead atoms.